The maximum absolute atomic E-state index is 12.5. The summed E-state index contributed by atoms with van der Waals surface area (Å²) in [6, 6.07) is 4.36. The van der Waals surface area contributed by atoms with E-state index in [0.717, 1.165) is 6.42 Å². The van der Waals surface area contributed by atoms with Crippen molar-refractivity contribution in [3.63, 3.8) is 0 Å². The smallest absolute Gasteiger partial charge is 0.254 e. The lowest BCUT2D eigenvalue weighted by molar-refractivity contribution is -0.121. The normalized spacial score (nSPS) is 18.1. The summed E-state index contributed by atoms with van der Waals surface area (Å²) in [5.74, 6) is -0.157. The van der Waals surface area contributed by atoms with Crippen LogP contribution in [0.4, 0.5) is 5.69 Å². The summed E-state index contributed by atoms with van der Waals surface area (Å²) in [4.78, 5) is 25.3. The van der Waals surface area contributed by atoms with Crippen LogP contribution in [0.25, 0.3) is 0 Å². The van der Waals surface area contributed by atoms with Crippen molar-refractivity contribution < 1.29 is 14.3 Å². The number of anilines is 1. The number of rotatable bonds is 4. The number of hydrogen-bond donors (Lipinski definition) is 2. The number of ether oxygens (including phenoxy) is 1. The molecule has 1 aliphatic rings. The average Bonchev–Trinajstić information content (AvgIpc) is 2.86. The van der Waals surface area contributed by atoms with Crippen molar-refractivity contribution in [1.29, 1.82) is 0 Å². The van der Waals surface area contributed by atoms with E-state index in [1.54, 1.807) is 18.2 Å². The minimum Gasteiger partial charge on any atom is -0.494 e. The van der Waals surface area contributed by atoms with Crippen LogP contribution >= 0.6 is 0 Å². The summed E-state index contributed by atoms with van der Waals surface area (Å²) in [6.45, 7) is 2.88. The fourth-order valence-corrected chi connectivity index (χ4v) is 2.47. The number of amides is 2. The van der Waals surface area contributed by atoms with Gasteiger partial charge in [-0.15, -0.1) is 0 Å². The van der Waals surface area contributed by atoms with E-state index in [1.165, 1.54) is 4.90 Å². The summed E-state index contributed by atoms with van der Waals surface area (Å²) < 4.78 is 5.37. The molecule has 0 saturated carbocycles. The van der Waals surface area contributed by atoms with Gasteiger partial charge in [0.25, 0.3) is 5.91 Å². The first-order valence-corrected chi connectivity index (χ1v) is 6.66. The minimum atomic E-state index is -0.528. The zero-order chi connectivity index (χ0) is 14.7. The van der Waals surface area contributed by atoms with Crippen LogP contribution in [0.15, 0.2) is 18.2 Å². The van der Waals surface area contributed by atoms with Gasteiger partial charge in [-0.2, -0.15) is 0 Å². The van der Waals surface area contributed by atoms with Gasteiger partial charge in [-0.05, 0) is 31.9 Å². The molecule has 1 saturated heterocycles. The van der Waals surface area contributed by atoms with Gasteiger partial charge in [0.05, 0.1) is 6.61 Å². The van der Waals surface area contributed by atoms with Crippen LogP contribution in [0.5, 0.6) is 5.75 Å². The van der Waals surface area contributed by atoms with Crippen molar-refractivity contribution in [3.05, 3.63) is 23.8 Å². The minimum absolute atomic E-state index is 0.237. The molecular formula is C14H19N3O3. The fourth-order valence-electron chi connectivity index (χ4n) is 2.47. The third kappa shape index (κ3) is 2.84. The molecule has 0 radical (unpaired) electrons. The number of hydrogen-bond acceptors (Lipinski definition) is 4. The number of likely N-dealkylation sites (tertiary alicyclic amines) is 1. The number of benzene rings is 1. The Labute approximate surface area is 117 Å². The van der Waals surface area contributed by atoms with E-state index in [4.69, 9.17) is 16.2 Å². The fraction of sp³-hybridized carbons (Fsp3) is 0.429. The van der Waals surface area contributed by atoms with Gasteiger partial charge in [-0.1, -0.05) is 0 Å². The maximum atomic E-state index is 12.5. The second kappa shape index (κ2) is 5.81. The lowest BCUT2D eigenvalue weighted by Crippen LogP contribution is -2.43. The van der Waals surface area contributed by atoms with Crippen molar-refractivity contribution in [2.24, 2.45) is 5.73 Å². The van der Waals surface area contributed by atoms with Crippen LogP contribution in [-0.2, 0) is 4.79 Å². The molecule has 6 heteroatoms. The molecule has 1 unspecified atom stereocenters. The molecule has 0 bridgehead atoms. The molecule has 0 aliphatic carbocycles. The van der Waals surface area contributed by atoms with Gasteiger partial charge in [0.1, 0.15) is 11.8 Å². The van der Waals surface area contributed by atoms with Crippen LogP contribution in [0.2, 0.25) is 0 Å². The van der Waals surface area contributed by atoms with E-state index in [2.05, 4.69) is 0 Å². The summed E-state index contributed by atoms with van der Waals surface area (Å²) in [6.07, 6.45) is 1.39. The van der Waals surface area contributed by atoms with Crippen molar-refractivity contribution in [1.82, 2.24) is 4.90 Å². The van der Waals surface area contributed by atoms with Crippen LogP contribution in [-0.4, -0.2) is 35.9 Å². The third-order valence-corrected chi connectivity index (χ3v) is 3.33. The van der Waals surface area contributed by atoms with Gasteiger partial charge < -0.3 is 21.1 Å². The van der Waals surface area contributed by atoms with Crippen LogP contribution in [0.3, 0.4) is 0 Å². The lowest BCUT2D eigenvalue weighted by atomic mass is 10.1. The van der Waals surface area contributed by atoms with E-state index in [9.17, 15) is 9.59 Å². The second-order valence-corrected chi connectivity index (χ2v) is 4.78. The maximum Gasteiger partial charge on any atom is 0.254 e. The average molecular weight is 277 g/mol. The summed E-state index contributed by atoms with van der Waals surface area (Å²) in [5, 5.41) is 0. The molecule has 1 atom stereocenters. The summed E-state index contributed by atoms with van der Waals surface area (Å²) in [5.41, 5.74) is 12.0. The molecule has 20 heavy (non-hydrogen) atoms. The lowest BCUT2D eigenvalue weighted by Gasteiger charge is -2.22. The first-order chi connectivity index (χ1) is 9.52. The first-order valence-electron chi connectivity index (χ1n) is 6.66. The Kier molecular flexibility index (Phi) is 4.12. The Morgan fingerprint density at radius 3 is 2.80 bits per heavy atom. The predicted octanol–water partition coefficient (Wildman–Crippen LogP) is 0.757. The SMILES string of the molecule is CCOc1cc(N)cc(C(=O)N2CCCC2C(N)=O)c1. The topological polar surface area (TPSA) is 98.7 Å². The molecule has 1 fully saturated rings. The van der Waals surface area contributed by atoms with Crippen molar-refractivity contribution in [3.8, 4) is 5.75 Å². The molecule has 1 heterocycles. The molecule has 1 aromatic carbocycles. The molecule has 1 aromatic rings. The molecule has 6 nitrogen and oxygen atoms in total. The van der Waals surface area contributed by atoms with E-state index >= 15 is 0 Å². The zero-order valence-corrected chi connectivity index (χ0v) is 11.5. The number of nitrogen functional groups attached to an aromatic ring is 1. The Balaban J connectivity index is 2.26. The van der Waals surface area contributed by atoms with Crippen LogP contribution in [0, 0.1) is 0 Å². The molecule has 108 valence electrons. The second-order valence-electron chi connectivity index (χ2n) is 4.78. The molecule has 0 spiro atoms. The van der Waals surface area contributed by atoms with E-state index in [0.29, 0.717) is 36.6 Å². The van der Waals surface area contributed by atoms with Crippen molar-refractivity contribution in [2.45, 2.75) is 25.8 Å². The number of nitrogens with two attached hydrogens (primary N) is 2. The molecule has 2 amide bonds. The predicted molar refractivity (Wildman–Crippen MR) is 75.3 cm³/mol. The van der Waals surface area contributed by atoms with Crippen molar-refractivity contribution >= 4 is 17.5 Å². The van der Waals surface area contributed by atoms with Gasteiger partial charge in [-0.25, -0.2) is 0 Å². The van der Waals surface area contributed by atoms with E-state index in [-0.39, 0.29) is 5.91 Å². The van der Waals surface area contributed by atoms with Crippen molar-refractivity contribution in [2.75, 3.05) is 18.9 Å². The summed E-state index contributed by atoms with van der Waals surface area (Å²) in [7, 11) is 0. The quantitative estimate of drug-likeness (QED) is 0.794. The van der Waals surface area contributed by atoms with E-state index in [1.807, 2.05) is 6.92 Å². The Hall–Kier alpha value is -2.24. The van der Waals surface area contributed by atoms with Gasteiger partial charge in [0.15, 0.2) is 0 Å². The molecule has 0 aromatic heterocycles. The number of carbonyl (C=O) groups is 2. The van der Waals surface area contributed by atoms with E-state index < -0.39 is 11.9 Å². The molecular weight excluding hydrogens is 258 g/mol. The van der Waals surface area contributed by atoms with Gasteiger partial charge >= 0.3 is 0 Å². The standard InChI is InChI=1S/C14H19N3O3/c1-2-20-11-7-9(6-10(15)8-11)14(19)17-5-3-4-12(17)13(16)18/h6-8,12H,2-5,15H2,1H3,(H2,16,18). The number of carbonyl (C=O) groups excluding carboxylic acids is 2. The first kappa shape index (κ1) is 14.2. The highest BCUT2D eigenvalue weighted by molar-refractivity contribution is 5.98. The van der Waals surface area contributed by atoms with Crippen LogP contribution < -0.4 is 16.2 Å². The number of nitrogens with zero attached hydrogens (tertiary/aromatic N) is 1. The third-order valence-electron chi connectivity index (χ3n) is 3.33. The highest BCUT2D eigenvalue weighted by Gasteiger charge is 2.33. The molecule has 1 aliphatic heterocycles. The Bertz CT molecular complexity index is 530. The monoisotopic (exact) mass is 277 g/mol. The molecule has 2 rings (SSSR count). The zero-order valence-electron chi connectivity index (χ0n) is 11.5. The molecule has 4 N–H and O–H groups in total. The van der Waals surface area contributed by atoms with Gasteiger partial charge in [-0.3, -0.25) is 9.59 Å². The van der Waals surface area contributed by atoms with Gasteiger partial charge in [0, 0.05) is 23.9 Å². The largest absolute Gasteiger partial charge is 0.494 e. The van der Waals surface area contributed by atoms with Gasteiger partial charge in [0.2, 0.25) is 5.91 Å². The highest BCUT2D eigenvalue weighted by atomic mass is 16.5. The Morgan fingerprint density at radius 1 is 1.40 bits per heavy atom. The highest BCUT2D eigenvalue weighted by Crippen LogP contribution is 2.24. The summed E-state index contributed by atoms with van der Waals surface area (Å²) >= 11 is 0. The van der Waals surface area contributed by atoms with Crippen LogP contribution in [0.1, 0.15) is 30.1 Å². The number of primary amides is 1. The Morgan fingerprint density at radius 2 is 2.15 bits per heavy atom.